The van der Waals surface area contributed by atoms with E-state index in [0.29, 0.717) is 16.4 Å². The molecular formula is C21H23N3O2S. The summed E-state index contributed by atoms with van der Waals surface area (Å²) < 4.78 is 1.69. The molecule has 3 aromatic rings. The summed E-state index contributed by atoms with van der Waals surface area (Å²) >= 11 is 1.60. The summed E-state index contributed by atoms with van der Waals surface area (Å²) in [5.74, 6) is 0.303. The predicted molar refractivity (Wildman–Crippen MR) is 109 cm³/mol. The third kappa shape index (κ3) is 3.30. The van der Waals surface area contributed by atoms with E-state index in [1.54, 1.807) is 40.0 Å². The fourth-order valence-electron chi connectivity index (χ4n) is 3.70. The van der Waals surface area contributed by atoms with Gasteiger partial charge in [0.1, 0.15) is 5.69 Å². The number of hydrogen-bond donors (Lipinski definition) is 1. The first-order valence-electron chi connectivity index (χ1n) is 9.23. The van der Waals surface area contributed by atoms with Crippen molar-refractivity contribution in [3.05, 3.63) is 63.0 Å². The smallest absolute Gasteiger partial charge is 0.282 e. The molecule has 0 fully saturated rings. The lowest BCUT2D eigenvalue weighted by Crippen LogP contribution is -2.28. The minimum absolute atomic E-state index is 0.198. The maximum Gasteiger partial charge on any atom is 0.282 e. The Balaban J connectivity index is 1.69. The zero-order valence-corrected chi connectivity index (χ0v) is 16.6. The van der Waals surface area contributed by atoms with Crippen LogP contribution in [0, 0.1) is 11.3 Å². The molecule has 0 spiro atoms. The van der Waals surface area contributed by atoms with Gasteiger partial charge in [0, 0.05) is 16.1 Å². The molecule has 0 saturated heterocycles. The van der Waals surface area contributed by atoms with Gasteiger partial charge in [-0.2, -0.15) is 0 Å². The van der Waals surface area contributed by atoms with Crippen molar-refractivity contribution < 1.29 is 4.79 Å². The van der Waals surface area contributed by atoms with E-state index in [1.165, 1.54) is 11.1 Å². The van der Waals surface area contributed by atoms with Crippen LogP contribution in [0.5, 0.6) is 0 Å². The van der Waals surface area contributed by atoms with Crippen molar-refractivity contribution >= 4 is 27.9 Å². The summed E-state index contributed by atoms with van der Waals surface area (Å²) in [6, 6.07) is 8.88. The average molecular weight is 382 g/mol. The van der Waals surface area contributed by atoms with Gasteiger partial charge >= 0.3 is 0 Å². The molecule has 0 unspecified atom stereocenters. The fraction of sp³-hybridized carbons (Fsp3) is 0.381. The SMILES string of the molecule is CC(C)(C)[C@H]1CCc2c(sc3ncc(NC(=O)c4ccccc4)c(=O)n23)C1. The summed E-state index contributed by atoms with van der Waals surface area (Å²) in [7, 11) is 0. The second-order valence-electron chi connectivity index (χ2n) is 8.19. The molecule has 0 bridgehead atoms. The molecule has 0 aliphatic heterocycles. The number of amides is 1. The Morgan fingerprint density at radius 2 is 2.00 bits per heavy atom. The number of carbonyl (C=O) groups excluding carboxylic acids is 1. The molecule has 1 amide bonds. The zero-order chi connectivity index (χ0) is 19.2. The first kappa shape index (κ1) is 17.9. The van der Waals surface area contributed by atoms with Crippen molar-refractivity contribution in [2.75, 3.05) is 5.32 Å². The minimum Gasteiger partial charge on any atom is -0.316 e. The molecule has 2 aromatic heterocycles. The first-order chi connectivity index (χ1) is 12.8. The minimum atomic E-state index is -0.300. The van der Waals surface area contributed by atoms with E-state index in [1.807, 2.05) is 6.07 Å². The van der Waals surface area contributed by atoms with Crippen LogP contribution >= 0.6 is 11.3 Å². The number of aryl methyl sites for hydroxylation is 1. The summed E-state index contributed by atoms with van der Waals surface area (Å²) in [4.78, 5) is 31.8. The lowest BCUT2D eigenvalue weighted by atomic mass is 9.73. The number of nitrogens with one attached hydrogen (secondary N) is 1. The van der Waals surface area contributed by atoms with Crippen molar-refractivity contribution in [1.29, 1.82) is 0 Å². The lowest BCUT2D eigenvalue weighted by molar-refractivity contribution is 0.102. The van der Waals surface area contributed by atoms with Gasteiger partial charge in [0.15, 0.2) is 4.96 Å². The zero-order valence-electron chi connectivity index (χ0n) is 15.8. The van der Waals surface area contributed by atoms with Crippen LogP contribution in [0.15, 0.2) is 41.3 Å². The fourth-order valence-corrected chi connectivity index (χ4v) is 4.91. The number of aromatic nitrogens is 2. The van der Waals surface area contributed by atoms with Gasteiger partial charge in [0.05, 0.1) is 6.20 Å². The van der Waals surface area contributed by atoms with Crippen LogP contribution < -0.4 is 10.9 Å². The lowest BCUT2D eigenvalue weighted by Gasteiger charge is -2.33. The number of benzene rings is 1. The van der Waals surface area contributed by atoms with Crippen molar-refractivity contribution in [3.63, 3.8) is 0 Å². The van der Waals surface area contributed by atoms with E-state index < -0.39 is 0 Å². The summed E-state index contributed by atoms with van der Waals surface area (Å²) in [5.41, 5.74) is 1.85. The van der Waals surface area contributed by atoms with Crippen molar-refractivity contribution in [2.24, 2.45) is 11.3 Å². The van der Waals surface area contributed by atoms with Crippen LogP contribution in [0.1, 0.15) is 48.1 Å². The standard InChI is InChI=1S/C21H23N3O2S/c1-21(2,3)14-9-10-16-17(11-14)27-20-22-12-15(19(26)24(16)20)23-18(25)13-7-5-4-6-8-13/h4-8,12,14H,9-11H2,1-3H3,(H,23,25)/t14-/m0/s1. The topological polar surface area (TPSA) is 63.5 Å². The molecular weight excluding hydrogens is 358 g/mol. The number of anilines is 1. The Bertz CT molecular complexity index is 1060. The van der Waals surface area contributed by atoms with E-state index in [0.717, 1.165) is 25.0 Å². The predicted octanol–water partition coefficient (Wildman–Crippen LogP) is 4.16. The van der Waals surface area contributed by atoms with Crippen LogP contribution in [0.3, 0.4) is 0 Å². The summed E-state index contributed by atoms with van der Waals surface area (Å²) in [6.45, 7) is 6.83. The van der Waals surface area contributed by atoms with E-state index in [4.69, 9.17) is 0 Å². The second-order valence-corrected chi connectivity index (χ2v) is 9.25. The van der Waals surface area contributed by atoms with Crippen molar-refractivity contribution in [3.8, 4) is 0 Å². The number of hydrogen-bond acceptors (Lipinski definition) is 4. The van der Waals surface area contributed by atoms with E-state index in [9.17, 15) is 9.59 Å². The number of carbonyl (C=O) groups is 1. The normalized spacial score (nSPS) is 16.9. The van der Waals surface area contributed by atoms with Gasteiger partial charge in [0.25, 0.3) is 11.5 Å². The van der Waals surface area contributed by atoms with Gasteiger partial charge in [-0.05, 0) is 42.7 Å². The Morgan fingerprint density at radius 3 is 2.70 bits per heavy atom. The highest BCUT2D eigenvalue weighted by molar-refractivity contribution is 7.17. The molecule has 4 rings (SSSR count). The molecule has 140 valence electrons. The van der Waals surface area contributed by atoms with Crippen LogP contribution in [-0.4, -0.2) is 15.3 Å². The highest BCUT2D eigenvalue weighted by Gasteiger charge is 2.31. The number of nitrogens with zero attached hydrogens (tertiary/aromatic N) is 2. The molecule has 1 aliphatic rings. The van der Waals surface area contributed by atoms with E-state index in [-0.39, 0.29) is 22.6 Å². The van der Waals surface area contributed by atoms with Gasteiger partial charge in [-0.1, -0.05) is 39.0 Å². The molecule has 2 heterocycles. The second kappa shape index (κ2) is 6.60. The Labute approximate surface area is 162 Å². The molecule has 1 aliphatic carbocycles. The first-order valence-corrected chi connectivity index (χ1v) is 10.0. The monoisotopic (exact) mass is 381 g/mol. The van der Waals surface area contributed by atoms with Crippen LogP contribution in [0.2, 0.25) is 0 Å². The van der Waals surface area contributed by atoms with E-state index in [2.05, 4.69) is 31.1 Å². The maximum atomic E-state index is 13.0. The molecule has 1 N–H and O–H groups in total. The van der Waals surface area contributed by atoms with Gasteiger partial charge in [-0.25, -0.2) is 4.98 Å². The summed E-state index contributed by atoms with van der Waals surface area (Å²) in [5, 5.41) is 2.72. The molecule has 1 atom stereocenters. The van der Waals surface area contributed by atoms with Gasteiger partial charge < -0.3 is 5.32 Å². The van der Waals surface area contributed by atoms with Crippen LogP contribution in [-0.2, 0) is 12.8 Å². The number of rotatable bonds is 2. The Morgan fingerprint density at radius 1 is 1.26 bits per heavy atom. The maximum absolute atomic E-state index is 13.0. The summed E-state index contributed by atoms with van der Waals surface area (Å²) in [6.07, 6.45) is 4.39. The van der Waals surface area contributed by atoms with Gasteiger partial charge in [-0.15, -0.1) is 11.3 Å². The molecule has 6 heteroatoms. The van der Waals surface area contributed by atoms with E-state index >= 15 is 0 Å². The number of thiazole rings is 1. The third-order valence-electron chi connectivity index (χ3n) is 5.41. The van der Waals surface area contributed by atoms with Crippen LogP contribution in [0.25, 0.3) is 4.96 Å². The highest BCUT2D eigenvalue weighted by atomic mass is 32.1. The molecule has 0 saturated carbocycles. The number of fused-ring (bicyclic) bond motifs is 3. The Hall–Kier alpha value is -2.47. The molecule has 5 nitrogen and oxygen atoms in total. The third-order valence-corrected chi connectivity index (χ3v) is 6.52. The molecule has 0 radical (unpaired) electrons. The van der Waals surface area contributed by atoms with Gasteiger partial charge in [-0.3, -0.25) is 14.0 Å². The molecule has 1 aromatic carbocycles. The van der Waals surface area contributed by atoms with Crippen molar-refractivity contribution in [2.45, 2.75) is 40.0 Å². The quantitative estimate of drug-likeness (QED) is 0.725. The largest absolute Gasteiger partial charge is 0.316 e. The molecule has 27 heavy (non-hydrogen) atoms. The average Bonchev–Trinajstić information content (AvgIpc) is 3.02. The van der Waals surface area contributed by atoms with Crippen LogP contribution in [0.4, 0.5) is 5.69 Å². The van der Waals surface area contributed by atoms with Gasteiger partial charge in [0.2, 0.25) is 0 Å². The van der Waals surface area contributed by atoms with Crippen molar-refractivity contribution in [1.82, 2.24) is 9.38 Å². The Kier molecular flexibility index (Phi) is 4.38. The highest BCUT2D eigenvalue weighted by Crippen LogP contribution is 2.39.